The number of rotatable bonds is 9. The number of nitrogens with one attached hydrogen (secondary N) is 2. The maximum absolute atomic E-state index is 11.4. The number of hydrogen-bond acceptors (Lipinski definition) is 3. The molecule has 20 heavy (non-hydrogen) atoms. The third-order valence-corrected chi connectivity index (χ3v) is 3.79. The van der Waals surface area contributed by atoms with E-state index in [9.17, 15) is 8.42 Å². The van der Waals surface area contributed by atoms with Crippen molar-refractivity contribution in [3.63, 3.8) is 0 Å². The lowest BCUT2D eigenvalue weighted by Gasteiger charge is -2.17. The van der Waals surface area contributed by atoms with Crippen LogP contribution in [0.1, 0.15) is 20.3 Å². The molecule has 0 atom stereocenters. The van der Waals surface area contributed by atoms with Gasteiger partial charge in [0.1, 0.15) is 0 Å². The number of sulfonamides is 1. The molecule has 0 radical (unpaired) electrons. The first-order chi connectivity index (χ1) is 8.95. The third kappa shape index (κ3) is 10.4. The lowest BCUT2D eigenvalue weighted by atomic mass is 10.4. The van der Waals surface area contributed by atoms with E-state index in [0.29, 0.717) is 32.6 Å². The van der Waals surface area contributed by atoms with Gasteiger partial charge in [-0.05, 0) is 13.3 Å². The molecule has 120 valence electrons. The van der Waals surface area contributed by atoms with Crippen molar-refractivity contribution in [2.75, 3.05) is 39.0 Å². The zero-order valence-corrected chi connectivity index (χ0v) is 15.7. The average Bonchev–Trinajstić information content (AvgIpc) is 2.34. The summed E-state index contributed by atoms with van der Waals surface area (Å²) in [7, 11) is -3.10. The summed E-state index contributed by atoms with van der Waals surface area (Å²) in [6.45, 7) is 10.5. The summed E-state index contributed by atoms with van der Waals surface area (Å²) < 4.78 is 24.2. The van der Waals surface area contributed by atoms with Crippen molar-refractivity contribution < 1.29 is 8.42 Å². The highest BCUT2D eigenvalue weighted by atomic mass is 127. The van der Waals surface area contributed by atoms with Crippen LogP contribution in [0, 0.1) is 0 Å². The minimum atomic E-state index is -3.10. The van der Waals surface area contributed by atoms with E-state index >= 15 is 0 Å². The molecule has 0 aliphatic rings. The van der Waals surface area contributed by atoms with E-state index in [-0.39, 0.29) is 24.0 Å². The summed E-state index contributed by atoms with van der Waals surface area (Å²) >= 11 is 0. The number of guanidine groups is 1. The minimum absolute atomic E-state index is 0. The summed E-state index contributed by atoms with van der Waals surface area (Å²) in [6, 6.07) is 0. The highest BCUT2D eigenvalue weighted by molar-refractivity contribution is 14.0. The van der Waals surface area contributed by atoms with Crippen LogP contribution >= 0.6 is 24.0 Å². The normalized spacial score (nSPS) is 11.9. The van der Waals surface area contributed by atoms with Crippen molar-refractivity contribution in [1.82, 2.24) is 14.9 Å². The van der Waals surface area contributed by atoms with Crippen molar-refractivity contribution in [1.29, 1.82) is 0 Å². The quantitative estimate of drug-likeness (QED) is 0.193. The van der Waals surface area contributed by atoms with Crippen LogP contribution in [-0.2, 0) is 10.0 Å². The SMILES string of the molecule is C=CCNC(=NCCCN(CC)S(C)(=O)=O)NCC.I. The van der Waals surface area contributed by atoms with Crippen molar-refractivity contribution >= 4 is 40.0 Å². The van der Waals surface area contributed by atoms with E-state index in [1.54, 1.807) is 6.08 Å². The molecule has 0 heterocycles. The van der Waals surface area contributed by atoms with Gasteiger partial charge in [0.05, 0.1) is 6.26 Å². The summed E-state index contributed by atoms with van der Waals surface area (Å²) in [5, 5.41) is 6.20. The Balaban J connectivity index is 0. The fourth-order valence-electron chi connectivity index (χ4n) is 1.51. The molecule has 0 saturated carbocycles. The van der Waals surface area contributed by atoms with E-state index in [1.807, 2.05) is 13.8 Å². The van der Waals surface area contributed by atoms with Crippen LogP contribution in [0.15, 0.2) is 17.6 Å². The molecule has 0 rings (SSSR count). The molecule has 0 aromatic rings. The zero-order valence-electron chi connectivity index (χ0n) is 12.6. The van der Waals surface area contributed by atoms with Crippen LogP contribution in [0.2, 0.25) is 0 Å². The first kappa shape index (κ1) is 21.9. The van der Waals surface area contributed by atoms with E-state index in [1.165, 1.54) is 10.6 Å². The summed E-state index contributed by atoms with van der Waals surface area (Å²) in [4.78, 5) is 4.36. The predicted molar refractivity (Wildman–Crippen MR) is 96.3 cm³/mol. The molecule has 0 aliphatic carbocycles. The molecule has 0 spiro atoms. The van der Waals surface area contributed by atoms with Gasteiger partial charge in [-0.3, -0.25) is 4.99 Å². The second-order valence-electron chi connectivity index (χ2n) is 4.04. The van der Waals surface area contributed by atoms with Gasteiger partial charge in [-0.1, -0.05) is 13.0 Å². The second kappa shape index (κ2) is 12.4. The van der Waals surface area contributed by atoms with E-state index in [2.05, 4.69) is 22.2 Å². The monoisotopic (exact) mass is 418 g/mol. The van der Waals surface area contributed by atoms with E-state index in [0.717, 1.165) is 12.5 Å². The highest BCUT2D eigenvalue weighted by Gasteiger charge is 2.12. The second-order valence-corrected chi connectivity index (χ2v) is 6.02. The maximum Gasteiger partial charge on any atom is 0.211 e. The predicted octanol–water partition coefficient (Wildman–Crippen LogP) is 1.02. The molecule has 0 aliphatic heterocycles. The van der Waals surface area contributed by atoms with E-state index < -0.39 is 10.0 Å². The van der Waals surface area contributed by atoms with E-state index in [4.69, 9.17) is 0 Å². The zero-order chi connectivity index (χ0) is 14.7. The summed E-state index contributed by atoms with van der Waals surface area (Å²) in [6.07, 6.45) is 3.69. The Labute approximate surface area is 140 Å². The van der Waals surface area contributed by atoms with Crippen molar-refractivity contribution in [2.24, 2.45) is 4.99 Å². The highest BCUT2D eigenvalue weighted by Crippen LogP contribution is 1.98. The fraction of sp³-hybridized carbons (Fsp3) is 0.750. The van der Waals surface area contributed by atoms with Gasteiger partial charge in [-0.2, -0.15) is 0 Å². The lowest BCUT2D eigenvalue weighted by molar-refractivity contribution is 0.427. The van der Waals surface area contributed by atoms with Gasteiger partial charge in [0.15, 0.2) is 5.96 Å². The molecule has 0 saturated heterocycles. The van der Waals surface area contributed by atoms with Crippen molar-refractivity contribution in [2.45, 2.75) is 20.3 Å². The minimum Gasteiger partial charge on any atom is -0.357 e. The molecule has 0 aromatic heterocycles. The van der Waals surface area contributed by atoms with Crippen LogP contribution in [-0.4, -0.2) is 57.7 Å². The van der Waals surface area contributed by atoms with Crippen LogP contribution in [0.4, 0.5) is 0 Å². The van der Waals surface area contributed by atoms with Crippen LogP contribution < -0.4 is 10.6 Å². The largest absolute Gasteiger partial charge is 0.357 e. The molecular formula is C12H27IN4O2S. The van der Waals surface area contributed by atoms with Gasteiger partial charge in [-0.15, -0.1) is 30.6 Å². The average molecular weight is 418 g/mol. The molecular weight excluding hydrogens is 391 g/mol. The number of nitrogens with zero attached hydrogens (tertiary/aromatic N) is 2. The smallest absolute Gasteiger partial charge is 0.211 e. The Hall–Kier alpha value is -0.350. The van der Waals surface area contributed by atoms with Gasteiger partial charge in [0.25, 0.3) is 0 Å². The first-order valence-electron chi connectivity index (χ1n) is 6.53. The molecule has 0 fully saturated rings. The Bertz CT molecular complexity index is 385. The van der Waals surface area contributed by atoms with Crippen LogP contribution in [0.5, 0.6) is 0 Å². The van der Waals surface area contributed by atoms with Gasteiger partial charge in [0, 0.05) is 32.7 Å². The first-order valence-corrected chi connectivity index (χ1v) is 8.38. The number of hydrogen-bond donors (Lipinski definition) is 2. The molecule has 8 heteroatoms. The maximum atomic E-state index is 11.4. The van der Waals surface area contributed by atoms with Gasteiger partial charge < -0.3 is 10.6 Å². The topological polar surface area (TPSA) is 73.8 Å². The molecule has 0 aromatic carbocycles. The Morgan fingerprint density at radius 1 is 1.35 bits per heavy atom. The van der Waals surface area contributed by atoms with Gasteiger partial charge in [0.2, 0.25) is 10.0 Å². The molecule has 6 nitrogen and oxygen atoms in total. The lowest BCUT2D eigenvalue weighted by Crippen LogP contribution is -2.37. The fourth-order valence-corrected chi connectivity index (χ4v) is 2.44. The van der Waals surface area contributed by atoms with Crippen LogP contribution in [0.3, 0.4) is 0 Å². The summed E-state index contributed by atoms with van der Waals surface area (Å²) in [5.74, 6) is 0.727. The van der Waals surface area contributed by atoms with Crippen molar-refractivity contribution in [3.05, 3.63) is 12.7 Å². The van der Waals surface area contributed by atoms with Crippen molar-refractivity contribution in [3.8, 4) is 0 Å². The van der Waals surface area contributed by atoms with Gasteiger partial charge >= 0.3 is 0 Å². The Morgan fingerprint density at radius 2 is 2.00 bits per heavy atom. The standard InChI is InChI=1S/C12H26N4O2S.HI/c1-5-9-14-12(13-6-2)15-10-8-11-16(7-3)19(4,17)18;/h5H,1,6-11H2,2-4H3,(H2,13,14,15);1H. The Morgan fingerprint density at radius 3 is 2.45 bits per heavy atom. The third-order valence-electron chi connectivity index (χ3n) is 2.42. The summed E-state index contributed by atoms with van der Waals surface area (Å²) in [5.41, 5.74) is 0. The molecule has 2 N–H and O–H groups in total. The molecule has 0 amide bonds. The number of halogens is 1. The van der Waals surface area contributed by atoms with Crippen LogP contribution in [0.25, 0.3) is 0 Å². The van der Waals surface area contributed by atoms with Gasteiger partial charge in [-0.25, -0.2) is 12.7 Å². The Kier molecular flexibility index (Phi) is 13.6. The molecule has 0 unspecified atom stereocenters. The number of aliphatic imine (C=N–C) groups is 1. The molecule has 0 bridgehead atoms.